The Hall–Kier alpha value is -3.02. The Balaban J connectivity index is 1.53. The third kappa shape index (κ3) is 4.39. The van der Waals surface area contributed by atoms with Crippen molar-refractivity contribution in [1.82, 2.24) is 34.3 Å². The van der Waals surface area contributed by atoms with Gasteiger partial charge in [-0.2, -0.15) is 0 Å². The predicted octanol–water partition coefficient (Wildman–Crippen LogP) is 0.242. The van der Waals surface area contributed by atoms with Crippen molar-refractivity contribution < 1.29 is 14.5 Å². The van der Waals surface area contributed by atoms with Crippen LogP contribution in [-0.4, -0.2) is 78.1 Å². The molecule has 1 fully saturated rings. The van der Waals surface area contributed by atoms with E-state index in [1.165, 1.54) is 10.8 Å². The monoisotopic (exact) mass is 378 g/mol. The molecule has 0 aromatic carbocycles. The maximum absolute atomic E-state index is 11.7. The molecular weight excluding hydrogens is 356 g/mol. The minimum Gasteiger partial charge on any atom is -0.450 e. The summed E-state index contributed by atoms with van der Waals surface area (Å²) in [5, 5.41) is 19.1. The van der Waals surface area contributed by atoms with E-state index in [0.717, 1.165) is 18.8 Å². The van der Waals surface area contributed by atoms with E-state index in [-0.39, 0.29) is 11.9 Å². The molecule has 0 spiro atoms. The summed E-state index contributed by atoms with van der Waals surface area (Å²) in [5.74, 6) is 0.464. The highest BCUT2D eigenvalue weighted by atomic mass is 16.6. The molecule has 2 aromatic heterocycles. The van der Waals surface area contributed by atoms with Crippen LogP contribution in [0.1, 0.15) is 18.4 Å². The van der Waals surface area contributed by atoms with Gasteiger partial charge in [-0.1, -0.05) is 5.21 Å². The fourth-order valence-electron chi connectivity index (χ4n) is 2.92. The first kappa shape index (κ1) is 18.8. The van der Waals surface area contributed by atoms with Gasteiger partial charge in [0.2, 0.25) is 5.82 Å². The summed E-state index contributed by atoms with van der Waals surface area (Å²) in [5.41, 5.74) is 0.795. The minimum atomic E-state index is -0.473. The van der Waals surface area contributed by atoms with Gasteiger partial charge in [-0.15, -0.1) is 5.10 Å². The van der Waals surface area contributed by atoms with Gasteiger partial charge in [-0.3, -0.25) is 4.90 Å². The normalized spacial score (nSPS) is 15.1. The summed E-state index contributed by atoms with van der Waals surface area (Å²) in [6.07, 6.45) is 2.77. The average Bonchev–Trinajstić information content (AvgIpc) is 3.23. The third-order valence-electron chi connectivity index (χ3n) is 4.42. The van der Waals surface area contributed by atoms with Gasteiger partial charge in [0.05, 0.1) is 25.5 Å². The van der Waals surface area contributed by atoms with Crippen LogP contribution in [0.4, 0.5) is 10.6 Å². The fourth-order valence-corrected chi connectivity index (χ4v) is 2.92. The summed E-state index contributed by atoms with van der Waals surface area (Å²) in [6, 6.07) is 0. The Labute approximate surface area is 155 Å². The van der Waals surface area contributed by atoms with E-state index in [4.69, 9.17) is 4.74 Å². The van der Waals surface area contributed by atoms with Crippen molar-refractivity contribution in [1.29, 1.82) is 0 Å². The summed E-state index contributed by atoms with van der Waals surface area (Å²) < 4.78 is 8.05. The highest BCUT2D eigenvalue weighted by Gasteiger charge is 2.23. The molecule has 27 heavy (non-hydrogen) atoms. The topological polar surface area (TPSA) is 124 Å². The van der Waals surface area contributed by atoms with E-state index < -0.39 is 4.92 Å². The van der Waals surface area contributed by atoms with Crippen molar-refractivity contribution in [2.75, 3.05) is 32.8 Å². The van der Waals surface area contributed by atoms with Crippen LogP contribution in [0.5, 0.6) is 0 Å². The second-order valence-electron chi connectivity index (χ2n) is 6.22. The van der Waals surface area contributed by atoms with Gasteiger partial charge >= 0.3 is 11.9 Å². The highest BCUT2D eigenvalue weighted by Crippen LogP contribution is 2.13. The van der Waals surface area contributed by atoms with Crippen LogP contribution in [0.15, 0.2) is 12.4 Å². The third-order valence-corrected chi connectivity index (χ3v) is 4.42. The summed E-state index contributed by atoms with van der Waals surface area (Å²) in [7, 11) is 1.60. The van der Waals surface area contributed by atoms with Gasteiger partial charge in [-0.25, -0.2) is 19.0 Å². The van der Waals surface area contributed by atoms with Crippen LogP contribution >= 0.6 is 0 Å². The largest absolute Gasteiger partial charge is 0.450 e. The molecule has 0 saturated carbocycles. The first-order valence-corrected chi connectivity index (χ1v) is 8.66. The Kier molecular flexibility index (Phi) is 5.64. The molecule has 0 N–H and O–H groups in total. The van der Waals surface area contributed by atoms with Gasteiger partial charge in [0.15, 0.2) is 0 Å². The van der Waals surface area contributed by atoms with Crippen molar-refractivity contribution in [2.45, 2.75) is 20.0 Å². The molecule has 0 atom stereocenters. The van der Waals surface area contributed by atoms with Crippen LogP contribution in [0.2, 0.25) is 0 Å². The zero-order chi connectivity index (χ0) is 19.4. The van der Waals surface area contributed by atoms with E-state index in [0.29, 0.717) is 38.6 Å². The number of carbonyl (C=O) groups excluding carboxylic acids is 1. The van der Waals surface area contributed by atoms with Gasteiger partial charge in [-0.05, 0) is 11.8 Å². The molecule has 2 aromatic rings. The standard InChI is InChI=1S/C15H22N8O4/c1-3-27-15(24)21-6-4-20(5-7-21)9-12-10-22(18-17-12)11-13-16-8-14(19(13)2)23(25)26/h8,10H,3-7,9,11H2,1-2H3. The van der Waals surface area contributed by atoms with Crippen molar-refractivity contribution >= 4 is 11.9 Å². The van der Waals surface area contributed by atoms with Crippen molar-refractivity contribution in [2.24, 2.45) is 7.05 Å². The second kappa shape index (κ2) is 8.12. The maximum Gasteiger partial charge on any atom is 0.409 e. The summed E-state index contributed by atoms with van der Waals surface area (Å²) in [6.45, 7) is 5.79. The molecule has 1 aliphatic heterocycles. The van der Waals surface area contributed by atoms with Crippen LogP contribution in [0, 0.1) is 10.1 Å². The molecule has 12 nitrogen and oxygen atoms in total. The number of hydrogen-bond acceptors (Lipinski definition) is 8. The number of amides is 1. The number of rotatable bonds is 6. The first-order valence-electron chi connectivity index (χ1n) is 8.66. The molecule has 1 amide bonds. The minimum absolute atomic E-state index is 0.0650. The van der Waals surface area contributed by atoms with Gasteiger partial charge in [0, 0.05) is 32.7 Å². The fraction of sp³-hybridized carbons (Fsp3) is 0.600. The number of nitro groups is 1. The van der Waals surface area contributed by atoms with Crippen molar-refractivity contribution in [3.63, 3.8) is 0 Å². The van der Waals surface area contributed by atoms with E-state index in [1.54, 1.807) is 29.7 Å². The number of carbonyl (C=O) groups is 1. The number of piperazine rings is 1. The van der Waals surface area contributed by atoms with Crippen LogP contribution < -0.4 is 0 Å². The highest BCUT2D eigenvalue weighted by molar-refractivity contribution is 5.67. The smallest absolute Gasteiger partial charge is 0.409 e. The molecule has 3 rings (SSSR count). The zero-order valence-corrected chi connectivity index (χ0v) is 15.3. The first-order chi connectivity index (χ1) is 13.0. The van der Waals surface area contributed by atoms with Crippen LogP contribution in [0.25, 0.3) is 0 Å². The van der Waals surface area contributed by atoms with Crippen molar-refractivity contribution in [3.8, 4) is 0 Å². The van der Waals surface area contributed by atoms with Gasteiger partial charge in [0.1, 0.15) is 12.7 Å². The van der Waals surface area contributed by atoms with Crippen LogP contribution in [0.3, 0.4) is 0 Å². The summed E-state index contributed by atoms with van der Waals surface area (Å²) >= 11 is 0. The Morgan fingerprint density at radius 1 is 1.30 bits per heavy atom. The lowest BCUT2D eigenvalue weighted by Gasteiger charge is -2.33. The molecule has 146 valence electrons. The number of aromatic nitrogens is 5. The SMILES string of the molecule is CCOC(=O)N1CCN(Cc2cn(Cc3ncc([N+](=O)[O-])n3C)nn2)CC1. The molecule has 3 heterocycles. The second-order valence-corrected chi connectivity index (χ2v) is 6.22. The van der Waals surface area contributed by atoms with Crippen molar-refractivity contribution in [3.05, 3.63) is 34.0 Å². The number of ether oxygens (including phenoxy) is 1. The average molecular weight is 378 g/mol. The molecule has 0 aliphatic carbocycles. The molecule has 1 aliphatic rings. The number of imidazole rings is 1. The molecule has 12 heteroatoms. The molecule has 0 radical (unpaired) electrons. The Morgan fingerprint density at radius 3 is 2.67 bits per heavy atom. The maximum atomic E-state index is 11.7. The van der Waals surface area contributed by atoms with E-state index in [9.17, 15) is 14.9 Å². The number of hydrogen-bond donors (Lipinski definition) is 0. The van der Waals surface area contributed by atoms with Crippen LogP contribution in [-0.2, 0) is 24.9 Å². The van der Waals surface area contributed by atoms with E-state index >= 15 is 0 Å². The number of nitrogens with zero attached hydrogens (tertiary/aromatic N) is 8. The lowest BCUT2D eigenvalue weighted by atomic mass is 10.3. The molecule has 1 saturated heterocycles. The Bertz CT molecular complexity index is 809. The summed E-state index contributed by atoms with van der Waals surface area (Å²) in [4.78, 5) is 30.1. The van der Waals surface area contributed by atoms with E-state index in [2.05, 4.69) is 20.2 Å². The van der Waals surface area contributed by atoms with Gasteiger partial charge in [0.25, 0.3) is 0 Å². The quantitative estimate of drug-likeness (QED) is 0.517. The molecule has 0 bridgehead atoms. The van der Waals surface area contributed by atoms with E-state index in [1.807, 2.05) is 0 Å². The lowest BCUT2D eigenvalue weighted by molar-refractivity contribution is -0.391. The van der Waals surface area contributed by atoms with Gasteiger partial charge < -0.3 is 19.8 Å². The lowest BCUT2D eigenvalue weighted by Crippen LogP contribution is -2.48. The zero-order valence-electron chi connectivity index (χ0n) is 15.3. The predicted molar refractivity (Wildman–Crippen MR) is 92.9 cm³/mol. The Morgan fingerprint density at radius 2 is 2.04 bits per heavy atom. The molecular formula is C15H22N8O4. The molecule has 0 unspecified atom stereocenters.